The van der Waals surface area contributed by atoms with Crippen molar-refractivity contribution >= 4 is 23.2 Å². The van der Waals surface area contributed by atoms with Crippen LogP contribution >= 0.6 is 11.8 Å². The van der Waals surface area contributed by atoms with E-state index in [9.17, 15) is 9.90 Å². The molecule has 0 saturated heterocycles. The first-order valence-electron chi connectivity index (χ1n) is 8.15. The molecule has 1 saturated carbocycles. The number of hydrogen-bond acceptors (Lipinski definition) is 4. The Hall–Kier alpha value is -1.53. The summed E-state index contributed by atoms with van der Waals surface area (Å²) in [5, 5.41) is 14.4. The summed E-state index contributed by atoms with van der Waals surface area (Å²) < 4.78 is 1.92. The Labute approximate surface area is 140 Å². The van der Waals surface area contributed by atoms with E-state index in [-0.39, 0.29) is 5.91 Å². The fourth-order valence-electron chi connectivity index (χ4n) is 3.21. The molecule has 0 radical (unpaired) electrons. The highest BCUT2D eigenvalue weighted by atomic mass is 32.2. The summed E-state index contributed by atoms with van der Waals surface area (Å²) >= 11 is 1.51. The van der Waals surface area contributed by atoms with Crippen LogP contribution in [0.2, 0.25) is 0 Å². The molecule has 3 rings (SSSR count). The van der Waals surface area contributed by atoms with Crippen LogP contribution in [-0.2, 0) is 0 Å². The molecule has 0 unspecified atom stereocenters. The lowest BCUT2D eigenvalue weighted by atomic mass is 9.94. The maximum absolute atomic E-state index is 12.6. The zero-order chi connectivity index (χ0) is 16.3. The van der Waals surface area contributed by atoms with Gasteiger partial charge < -0.3 is 10.4 Å². The van der Waals surface area contributed by atoms with Crippen LogP contribution in [0.4, 0.5) is 0 Å². The lowest BCUT2D eigenvalue weighted by Gasteiger charge is -2.26. The van der Waals surface area contributed by atoms with Crippen LogP contribution in [0.25, 0.3) is 5.52 Å². The van der Waals surface area contributed by atoms with Crippen LogP contribution in [0.15, 0.2) is 29.6 Å². The van der Waals surface area contributed by atoms with E-state index in [2.05, 4.69) is 10.3 Å². The Balaban J connectivity index is 1.76. The predicted molar refractivity (Wildman–Crippen MR) is 92.0 cm³/mol. The van der Waals surface area contributed by atoms with Crippen LogP contribution in [0.5, 0.6) is 0 Å². The Morgan fingerprint density at radius 1 is 1.35 bits per heavy atom. The minimum atomic E-state index is -0.774. The van der Waals surface area contributed by atoms with Gasteiger partial charge in [0.05, 0.1) is 11.1 Å². The smallest absolute Gasteiger partial charge is 0.272 e. The molecule has 23 heavy (non-hydrogen) atoms. The maximum atomic E-state index is 12.6. The van der Waals surface area contributed by atoms with Gasteiger partial charge in [-0.3, -0.25) is 9.20 Å². The maximum Gasteiger partial charge on any atom is 0.272 e. The first kappa shape index (κ1) is 16.3. The van der Waals surface area contributed by atoms with Crippen molar-refractivity contribution in [1.29, 1.82) is 0 Å². The Bertz CT molecular complexity index is 690. The summed E-state index contributed by atoms with van der Waals surface area (Å²) in [4.78, 5) is 17.0. The van der Waals surface area contributed by atoms with E-state index >= 15 is 0 Å². The fourth-order valence-corrected chi connectivity index (χ4v) is 3.75. The molecule has 124 valence electrons. The monoisotopic (exact) mass is 333 g/mol. The molecule has 2 N–H and O–H groups in total. The number of rotatable bonds is 4. The lowest BCUT2D eigenvalue weighted by Crippen LogP contribution is -2.42. The predicted octanol–water partition coefficient (Wildman–Crippen LogP) is 2.87. The van der Waals surface area contributed by atoms with Crippen LogP contribution in [-0.4, -0.2) is 38.8 Å². The van der Waals surface area contributed by atoms with Gasteiger partial charge in [-0.15, -0.1) is 0 Å². The molecule has 6 heteroatoms. The van der Waals surface area contributed by atoms with Crippen LogP contribution < -0.4 is 5.32 Å². The molecule has 1 amide bonds. The molecule has 1 aliphatic carbocycles. The van der Waals surface area contributed by atoms with Crippen molar-refractivity contribution in [2.24, 2.45) is 0 Å². The van der Waals surface area contributed by atoms with Crippen LogP contribution in [0.3, 0.4) is 0 Å². The SMILES string of the molecule is CSc1nc(C(=O)NCC2(O)CCCCCC2)c2ccccn12. The molecule has 2 aromatic heterocycles. The molecule has 2 aromatic rings. The van der Waals surface area contributed by atoms with Gasteiger partial charge in [-0.2, -0.15) is 0 Å². The van der Waals surface area contributed by atoms with Gasteiger partial charge >= 0.3 is 0 Å². The van der Waals surface area contributed by atoms with Crippen molar-refractivity contribution < 1.29 is 9.90 Å². The number of aromatic nitrogens is 2. The molecular weight excluding hydrogens is 310 g/mol. The average Bonchev–Trinajstić information content (AvgIpc) is 2.81. The van der Waals surface area contributed by atoms with Gasteiger partial charge in [-0.05, 0) is 31.2 Å². The number of hydrogen-bond donors (Lipinski definition) is 2. The Morgan fingerprint density at radius 2 is 2.09 bits per heavy atom. The molecule has 0 aliphatic heterocycles. The summed E-state index contributed by atoms with van der Waals surface area (Å²) in [6.45, 7) is 0.298. The topological polar surface area (TPSA) is 66.6 Å². The molecule has 0 spiro atoms. The minimum absolute atomic E-state index is 0.216. The molecule has 0 atom stereocenters. The summed E-state index contributed by atoms with van der Waals surface area (Å²) in [6, 6.07) is 5.71. The van der Waals surface area contributed by atoms with Crippen LogP contribution in [0.1, 0.15) is 49.0 Å². The van der Waals surface area contributed by atoms with E-state index in [0.717, 1.165) is 36.4 Å². The van der Waals surface area contributed by atoms with Crippen molar-refractivity contribution in [2.45, 2.75) is 49.3 Å². The zero-order valence-electron chi connectivity index (χ0n) is 13.4. The third-order valence-electron chi connectivity index (χ3n) is 4.53. The van der Waals surface area contributed by atoms with Gasteiger partial charge in [0.2, 0.25) is 0 Å². The number of nitrogens with zero attached hydrogens (tertiary/aromatic N) is 2. The molecule has 1 fully saturated rings. The number of thioether (sulfide) groups is 1. The number of fused-ring (bicyclic) bond motifs is 1. The lowest BCUT2D eigenvalue weighted by molar-refractivity contribution is 0.0246. The van der Waals surface area contributed by atoms with Gasteiger partial charge in [-0.1, -0.05) is 43.5 Å². The highest BCUT2D eigenvalue weighted by Gasteiger charge is 2.29. The second kappa shape index (κ2) is 6.93. The molecule has 0 aromatic carbocycles. The van der Waals surface area contributed by atoms with Gasteiger partial charge in [0, 0.05) is 12.7 Å². The fraction of sp³-hybridized carbons (Fsp3) is 0.529. The Morgan fingerprint density at radius 3 is 2.78 bits per heavy atom. The van der Waals surface area contributed by atoms with Crippen molar-refractivity contribution in [1.82, 2.24) is 14.7 Å². The van der Waals surface area contributed by atoms with E-state index in [4.69, 9.17) is 0 Å². The molecule has 1 aliphatic rings. The molecule has 2 heterocycles. The van der Waals surface area contributed by atoms with Gasteiger partial charge in [0.15, 0.2) is 10.9 Å². The van der Waals surface area contributed by atoms with Crippen molar-refractivity contribution in [3.05, 3.63) is 30.1 Å². The van der Waals surface area contributed by atoms with E-state index in [1.54, 1.807) is 0 Å². The quantitative estimate of drug-likeness (QED) is 0.667. The van der Waals surface area contributed by atoms with E-state index in [1.807, 2.05) is 35.1 Å². The summed E-state index contributed by atoms with van der Waals surface area (Å²) in [5.74, 6) is -0.216. The van der Waals surface area contributed by atoms with Crippen molar-refractivity contribution in [3.8, 4) is 0 Å². The number of imidazole rings is 1. The highest BCUT2D eigenvalue weighted by molar-refractivity contribution is 7.98. The van der Waals surface area contributed by atoms with Gasteiger partial charge in [-0.25, -0.2) is 4.98 Å². The highest BCUT2D eigenvalue weighted by Crippen LogP contribution is 2.26. The number of aliphatic hydroxyl groups is 1. The standard InChI is InChI=1S/C17H23N3O2S/c1-23-16-19-14(13-8-4-7-11-20(13)16)15(21)18-12-17(22)9-5-2-3-6-10-17/h4,7-8,11,22H,2-3,5-6,9-10,12H2,1H3,(H,18,21). The number of carbonyl (C=O) groups excluding carboxylic acids is 1. The van der Waals surface area contributed by atoms with Crippen molar-refractivity contribution in [3.63, 3.8) is 0 Å². The van der Waals surface area contributed by atoms with E-state index < -0.39 is 5.60 Å². The molecular formula is C17H23N3O2S. The van der Waals surface area contributed by atoms with Gasteiger partial charge in [0.1, 0.15) is 0 Å². The van der Waals surface area contributed by atoms with Crippen LogP contribution in [0, 0.1) is 0 Å². The number of nitrogens with one attached hydrogen (secondary N) is 1. The second-order valence-corrected chi connectivity index (χ2v) is 7.00. The third-order valence-corrected chi connectivity index (χ3v) is 5.18. The largest absolute Gasteiger partial charge is 0.388 e. The van der Waals surface area contributed by atoms with Gasteiger partial charge in [0.25, 0.3) is 5.91 Å². The Kier molecular flexibility index (Phi) is 4.92. The number of pyridine rings is 1. The van der Waals surface area contributed by atoms with E-state index in [1.165, 1.54) is 24.6 Å². The summed E-state index contributed by atoms with van der Waals surface area (Å²) in [7, 11) is 0. The van der Waals surface area contributed by atoms with Crippen molar-refractivity contribution in [2.75, 3.05) is 12.8 Å². The number of carbonyl (C=O) groups is 1. The summed E-state index contributed by atoms with van der Waals surface area (Å²) in [6.07, 6.45) is 9.74. The second-order valence-electron chi connectivity index (χ2n) is 6.22. The third kappa shape index (κ3) is 3.53. The molecule has 0 bridgehead atoms. The minimum Gasteiger partial charge on any atom is -0.388 e. The average molecular weight is 333 g/mol. The van der Waals surface area contributed by atoms with E-state index in [0.29, 0.717) is 12.2 Å². The summed E-state index contributed by atoms with van der Waals surface area (Å²) in [5.41, 5.74) is 0.443. The zero-order valence-corrected chi connectivity index (χ0v) is 14.2. The molecule has 5 nitrogen and oxygen atoms in total. The number of amides is 1. The normalized spacial score (nSPS) is 17.8. The first-order chi connectivity index (χ1) is 11.1. The first-order valence-corrected chi connectivity index (χ1v) is 9.37.